The monoisotopic (exact) mass is 535 g/mol. The first-order valence-electron chi connectivity index (χ1n) is 13.4. The van der Waals surface area contributed by atoms with Gasteiger partial charge >= 0.3 is 5.97 Å². The van der Waals surface area contributed by atoms with Crippen molar-refractivity contribution in [3.63, 3.8) is 0 Å². The van der Waals surface area contributed by atoms with Crippen LogP contribution < -0.4 is 9.64 Å². The van der Waals surface area contributed by atoms with Crippen molar-refractivity contribution in [3.8, 4) is 16.9 Å². The molecule has 1 saturated heterocycles. The number of methoxy groups -OCH3 is 2. The third-order valence-electron chi connectivity index (χ3n) is 7.67. The first kappa shape index (κ1) is 28.6. The largest absolute Gasteiger partial charge is 0.497 e. The third kappa shape index (κ3) is 6.97. The maximum atomic E-state index is 14.5. The quantitative estimate of drug-likeness (QED) is 0.282. The van der Waals surface area contributed by atoms with Gasteiger partial charge in [-0.25, -0.2) is 4.39 Å². The van der Waals surface area contributed by atoms with Gasteiger partial charge < -0.3 is 24.2 Å². The van der Waals surface area contributed by atoms with Gasteiger partial charge in [0.25, 0.3) is 0 Å². The summed E-state index contributed by atoms with van der Waals surface area (Å²) < 4.78 is 31.0. The van der Waals surface area contributed by atoms with E-state index in [2.05, 4.69) is 36.1 Å². The van der Waals surface area contributed by atoms with Gasteiger partial charge in [-0.05, 0) is 72.4 Å². The number of carboxylic acid groups (broad SMARTS) is 1. The van der Waals surface area contributed by atoms with Gasteiger partial charge in [0.2, 0.25) is 0 Å². The molecule has 6 nitrogen and oxygen atoms in total. The Labute approximate surface area is 230 Å². The zero-order valence-corrected chi connectivity index (χ0v) is 23.2. The van der Waals surface area contributed by atoms with Crippen molar-refractivity contribution < 1.29 is 28.5 Å². The summed E-state index contributed by atoms with van der Waals surface area (Å²) in [5, 5.41) is 9.55. The molecule has 0 amide bonds. The van der Waals surface area contributed by atoms with Gasteiger partial charge in [-0.1, -0.05) is 37.3 Å². The molecule has 3 aromatic rings. The molecular formula is C32H38FNO5. The molecule has 4 rings (SSSR count). The minimum Gasteiger partial charge on any atom is -0.497 e. The fraction of sp³-hybridized carbons (Fsp3) is 0.406. The predicted molar refractivity (Wildman–Crippen MR) is 151 cm³/mol. The van der Waals surface area contributed by atoms with Crippen LogP contribution in [-0.4, -0.2) is 57.2 Å². The fourth-order valence-corrected chi connectivity index (χ4v) is 5.38. The fourth-order valence-electron chi connectivity index (χ4n) is 5.38. The first-order valence-corrected chi connectivity index (χ1v) is 13.4. The van der Waals surface area contributed by atoms with Gasteiger partial charge in [0.1, 0.15) is 11.6 Å². The Kier molecular flexibility index (Phi) is 9.59. The van der Waals surface area contributed by atoms with E-state index in [0.717, 1.165) is 40.8 Å². The van der Waals surface area contributed by atoms with E-state index in [1.54, 1.807) is 26.4 Å². The highest BCUT2D eigenvalue weighted by atomic mass is 19.1. The molecule has 0 radical (unpaired) electrons. The maximum Gasteiger partial charge on any atom is 0.305 e. The highest BCUT2D eigenvalue weighted by molar-refractivity contribution is 5.69. The maximum absolute atomic E-state index is 14.5. The second kappa shape index (κ2) is 13.1. The smallest absolute Gasteiger partial charge is 0.305 e. The Bertz CT molecular complexity index is 1260. The summed E-state index contributed by atoms with van der Waals surface area (Å²) in [4.78, 5) is 13.8. The lowest BCUT2D eigenvalue weighted by Crippen LogP contribution is -2.34. The Morgan fingerprint density at radius 2 is 1.82 bits per heavy atom. The van der Waals surface area contributed by atoms with Crippen LogP contribution in [0, 0.1) is 18.7 Å². The summed E-state index contributed by atoms with van der Waals surface area (Å²) >= 11 is 0. The molecule has 0 saturated carbocycles. The number of anilines is 1. The highest BCUT2D eigenvalue weighted by Gasteiger charge is 2.40. The molecule has 1 fully saturated rings. The van der Waals surface area contributed by atoms with Crippen LogP contribution >= 0.6 is 0 Å². The standard InChI is InChI=1S/C32H38FNO5/c1-21-16-25(28-18-27(38-4)12-13-29(28)33)9-8-24(21)17-23-6-10-26(11-7-23)34-20-31(39-15-5-14-37-3)22(2)30(34)19-32(35)36/h6-13,16,18,22,30-31H,5,14-15,17,19-20H2,1-4H3,(H,35,36)/t22-,30-,31?/m0/s1. The molecule has 39 heavy (non-hydrogen) atoms. The summed E-state index contributed by atoms with van der Waals surface area (Å²) in [6.45, 7) is 6.02. The lowest BCUT2D eigenvalue weighted by Gasteiger charge is -2.27. The van der Waals surface area contributed by atoms with Gasteiger partial charge in [0.05, 0.1) is 19.6 Å². The summed E-state index contributed by atoms with van der Waals surface area (Å²) in [6.07, 6.45) is 1.60. The van der Waals surface area contributed by atoms with E-state index >= 15 is 0 Å². The third-order valence-corrected chi connectivity index (χ3v) is 7.67. The molecule has 0 spiro atoms. The van der Waals surface area contributed by atoms with Crippen LogP contribution in [0.5, 0.6) is 5.75 Å². The predicted octanol–water partition coefficient (Wildman–Crippen LogP) is 6.12. The normalized spacial score (nSPS) is 18.9. The number of rotatable bonds is 12. The number of nitrogens with zero attached hydrogens (tertiary/aromatic N) is 1. The van der Waals surface area contributed by atoms with E-state index < -0.39 is 5.97 Å². The van der Waals surface area contributed by atoms with E-state index in [4.69, 9.17) is 14.2 Å². The molecule has 208 valence electrons. The number of carbonyl (C=O) groups is 1. The van der Waals surface area contributed by atoms with Crippen LogP contribution in [-0.2, 0) is 20.7 Å². The number of halogens is 1. The number of ether oxygens (including phenoxy) is 3. The highest BCUT2D eigenvalue weighted by Crippen LogP contribution is 2.34. The second-order valence-corrected chi connectivity index (χ2v) is 10.3. The minimum absolute atomic E-state index is 0.0264. The van der Waals surface area contributed by atoms with E-state index in [1.807, 2.05) is 25.1 Å². The van der Waals surface area contributed by atoms with Crippen molar-refractivity contribution in [1.29, 1.82) is 0 Å². The van der Waals surface area contributed by atoms with Crippen molar-refractivity contribution in [2.75, 3.05) is 38.9 Å². The molecule has 1 unspecified atom stereocenters. The lowest BCUT2D eigenvalue weighted by molar-refractivity contribution is -0.137. The Hall–Kier alpha value is -3.42. The SMILES string of the molecule is COCCCOC1CN(c2ccc(Cc3ccc(-c4cc(OC)ccc4F)cc3C)cc2)[C@@H](CC(=O)O)[C@@H]1C. The summed E-state index contributed by atoms with van der Waals surface area (Å²) in [5.41, 5.74) is 5.73. The van der Waals surface area contributed by atoms with Gasteiger partial charge in [-0.2, -0.15) is 0 Å². The van der Waals surface area contributed by atoms with Gasteiger partial charge in [0.15, 0.2) is 0 Å². The molecule has 7 heteroatoms. The van der Waals surface area contributed by atoms with Gasteiger partial charge in [0, 0.05) is 50.1 Å². The van der Waals surface area contributed by atoms with Crippen molar-refractivity contribution in [2.45, 2.75) is 45.3 Å². The lowest BCUT2D eigenvalue weighted by atomic mass is 9.95. The van der Waals surface area contributed by atoms with Crippen LogP contribution in [0.15, 0.2) is 60.7 Å². The topological polar surface area (TPSA) is 68.2 Å². The molecule has 1 N–H and O–H groups in total. The van der Waals surface area contributed by atoms with Crippen molar-refractivity contribution in [1.82, 2.24) is 0 Å². The average Bonchev–Trinajstić information content (AvgIpc) is 3.22. The molecule has 3 aromatic carbocycles. The average molecular weight is 536 g/mol. The Morgan fingerprint density at radius 1 is 1.05 bits per heavy atom. The second-order valence-electron chi connectivity index (χ2n) is 10.3. The van der Waals surface area contributed by atoms with E-state index in [9.17, 15) is 14.3 Å². The van der Waals surface area contributed by atoms with Crippen LogP contribution in [0.25, 0.3) is 11.1 Å². The molecule has 1 heterocycles. The van der Waals surface area contributed by atoms with E-state index in [0.29, 0.717) is 31.1 Å². The zero-order valence-electron chi connectivity index (χ0n) is 23.2. The van der Waals surface area contributed by atoms with Crippen molar-refractivity contribution in [3.05, 3.63) is 83.2 Å². The van der Waals surface area contributed by atoms with Crippen LogP contribution in [0.4, 0.5) is 10.1 Å². The Balaban J connectivity index is 1.47. The Morgan fingerprint density at radius 3 is 2.49 bits per heavy atom. The molecule has 1 aliphatic heterocycles. The number of hydrogen-bond donors (Lipinski definition) is 1. The summed E-state index contributed by atoms with van der Waals surface area (Å²) in [5.74, 6) is -0.367. The summed E-state index contributed by atoms with van der Waals surface area (Å²) in [7, 11) is 3.25. The minimum atomic E-state index is -0.804. The van der Waals surface area contributed by atoms with Crippen LogP contribution in [0.3, 0.4) is 0 Å². The first-order chi connectivity index (χ1) is 18.8. The molecule has 0 aromatic heterocycles. The number of aliphatic carboxylic acids is 1. The number of hydrogen-bond acceptors (Lipinski definition) is 5. The van der Waals surface area contributed by atoms with Gasteiger partial charge in [-0.15, -0.1) is 0 Å². The zero-order chi connectivity index (χ0) is 27.9. The number of carboxylic acids is 1. The molecule has 3 atom stereocenters. The van der Waals surface area contributed by atoms with Crippen molar-refractivity contribution in [2.24, 2.45) is 5.92 Å². The van der Waals surface area contributed by atoms with Crippen LogP contribution in [0.1, 0.15) is 36.5 Å². The van der Waals surface area contributed by atoms with E-state index in [-0.39, 0.29) is 30.3 Å². The summed E-state index contributed by atoms with van der Waals surface area (Å²) in [6, 6.07) is 19.0. The number of benzene rings is 3. The van der Waals surface area contributed by atoms with Crippen LogP contribution in [0.2, 0.25) is 0 Å². The number of aryl methyl sites for hydroxylation is 1. The molecular weight excluding hydrogens is 497 g/mol. The van der Waals surface area contributed by atoms with Gasteiger partial charge in [-0.3, -0.25) is 4.79 Å². The van der Waals surface area contributed by atoms with E-state index in [1.165, 1.54) is 6.07 Å². The molecule has 0 bridgehead atoms. The molecule has 0 aliphatic carbocycles. The van der Waals surface area contributed by atoms with Crippen molar-refractivity contribution >= 4 is 11.7 Å². The molecule has 1 aliphatic rings.